The standard InChI is InChI=1S/C17H19BrClNO/c1-4-20-10-13-5-6-15(9-16(13)18)21-17-11(2)7-14(19)8-12(17)3/h5-9,20H,4,10H2,1-3H3. The highest BCUT2D eigenvalue weighted by Crippen LogP contribution is 2.33. The van der Waals surface area contributed by atoms with Crippen molar-refractivity contribution >= 4 is 27.5 Å². The van der Waals surface area contributed by atoms with Crippen molar-refractivity contribution in [3.05, 3.63) is 56.5 Å². The molecule has 0 saturated carbocycles. The van der Waals surface area contributed by atoms with E-state index in [1.54, 1.807) is 0 Å². The minimum Gasteiger partial charge on any atom is -0.457 e. The molecule has 0 fully saturated rings. The van der Waals surface area contributed by atoms with Gasteiger partial charge in [-0.25, -0.2) is 0 Å². The minimum atomic E-state index is 0.736. The van der Waals surface area contributed by atoms with Crippen molar-refractivity contribution in [2.24, 2.45) is 0 Å². The third-order valence-electron chi connectivity index (χ3n) is 3.23. The van der Waals surface area contributed by atoms with E-state index < -0.39 is 0 Å². The predicted octanol–water partition coefficient (Wildman–Crippen LogP) is 5.62. The molecule has 0 spiro atoms. The van der Waals surface area contributed by atoms with E-state index in [0.717, 1.165) is 45.2 Å². The Labute approximate surface area is 139 Å². The molecule has 0 unspecified atom stereocenters. The molecule has 4 heteroatoms. The van der Waals surface area contributed by atoms with Gasteiger partial charge in [0.25, 0.3) is 0 Å². The van der Waals surface area contributed by atoms with Gasteiger partial charge >= 0.3 is 0 Å². The zero-order valence-electron chi connectivity index (χ0n) is 12.5. The predicted molar refractivity (Wildman–Crippen MR) is 92.5 cm³/mol. The lowest BCUT2D eigenvalue weighted by Gasteiger charge is -2.14. The quantitative estimate of drug-likeness (QED) is 0.739. The second kappa shape index (κ2) is 7.30. The number of hydrogen-bond donors (Lipinski definition) is 1. The first-order chi connectivity index (χ1) is 10.0. The van der Waals surface area contributed by atoms with Crippen LogP contribution in [-0.4, -0.2) is 6.54 Å². The lowest BCUT2D eigenvalue weighted by Crippen LogP contribution is -2.12. The molecule has 2 aromatic rings. The van der Waals surface area contributed by atoms with E-state index in [4.69, 9.17) is 16.3 Å². The molecule has 2 rings (SSSR count). The fourth-order valence-electron chi connectivity index (χ4n) is 2.17. The monoisotopic (exact) mass is 367 g/mol. The first-order valence-electron chi connectivity index (χ1n) is 6.95. The summed E-state index contributed by atoms with van der Waals surface area (Å²) >= 11 is 9.65. The molecule has 0 atom stereocenters. The van der Waals surface area contributed by atoms with E-state index in [9.17, 15) is 0 Å². The summed E-state index contributed by atoms with van der Waals surface area (Å²) in [6.45, 7) is 7.90. The van der Waals surface area contributed by atoms with Crippen LogP contribution in [0.25, 0.3) is 0 Å². The Bertz CT molecular complexity index is 620. The molecule has 0 bridgehead atoms. The van der Waals surface area contributed by atoms with Crippen LogP contribution in [0.3, 0.4) is 0 Å². The summed E-state index contributed by atoms with van der Waals surface area (Å²) in [5.74, 6) is 1.68. The normalized spacial score (nSPS) is 10.7. The molecule has 0 heterocycles. The Hall–Kier alpha value is -1.03. The third kappa shape index (κ3) is 4.22. The Morgan fingerprint density at radius 1 is 1.14 bits per heavy atom. The Balaban J connectivity index is 2.23. The van der Waals surface area contributed by atoms with Gasteiger partial charge in [0, 0.05) is 16.0 Å². The van der Waals surface area contributed by atoms with Gasteiger partial charge in [0.2, 0.25) is 0 Å². The summed E-state index contributed by atoms with van der Waals surface area (Å²) in [7, 11) is 0. The summed E-state index contributed by atoms with van der Waals surface area (Å²) in [5, 5.41) is 4.05. The SMILES string of the molecule is CCNCc1ccc(Oc2c(C)cc(Cl)cc2C)cc1Br. The van der Waals surface area contributed by atoms with E-state index in [1.165, 1.54) is 5.56 Å². The van der Waals surface area contributed by atoms with Crippen molar-refractivity contribution < 1.29 is 4.74 Å². The van der Waals surface area contributed by atoms with Crippen LogP contribution in [0.2, 0.25) is 5.02 Å². The Kier molecular flexibility index (Phi) is 5.68. The summed E-state index contributed by atoms with van der Waals surface area (Å²) < 4.78 is 7.07. The van der Waals surface area contributed by atoms with Crippen LogP contribution in [0.4, 0.5) is 0 Å². The molecule has 2 nitrogen and oxygen atoms in total. The molecule has 0 saturated heterocycles. The number of benzene rings is 2. The van der Waals surface area contributed by atoms with Crippen molar-refractivity contribution in [2.45, 2.75) is 27.3 Å². The molecule has 0 aliphatic carbocycles. The van der Waals surface area contributed by atoms with Gasteiger partial charge in [0.05, 0.1) is 0 Å². The molecule has 0 aliphatic heterocycles. The van der Waals surface area contributed by atoms with Crippen molar-refractivity contribution in [3.63, 3.8) is 0 Å². The highest BCUT2D eigenvalue weighted by molar-refractivity contribution is 9.10. The van der Waals surface area contributed by atoms with Gasteiger partial charge in [-0.3, -0.25) is 0 Å². The van der Waals surface area contributed by atoms with Crippen LogP contribution in [0.1, 0.15) is 23.6 Å². The average Bonchev–Trinajstić information content (AvgIpc) is 2.42. The molecule has 0 aromatic heterocycles. The maximum absolute atomic E-state index is 6.05. The van der Waals surface area contributed by atoms with Gasteiger partial charge in [-0.15, -0.1) is 0 Å². The zero-order chi connectivity index (χ0) is 15.4. The summed E-state index contributed by atoms with van der Waals surface area (Å²) in [6.07, 6.45) is 0. The van der Waals surface area contributed by atoms with Crippen LogP contribution in [-0.2, 0) is 6.54 Å². The van der Waals surface area contributed by atoms with Gasteiger partial charge < -0.3 is 10.1 Å². The van der Waals surface area contributed by atoms with Gasteiger partial charge in [-0.1, -0.05) is 40.5 Å². The lowest BCUT2D eigenvalue weighted by atomic mass is 10.1. The van der Waals surface area contributed by atoms with Crippen molar-refractivity contribution in [1.82, 2.24) is 5.32 Å². The summed E-state index contributed by atoms with van der Waals surface area (Å²) in [6, 6.07) is 9.89. The molecule has 0 aliphatic rings. The first kappa shape index (κ1) is 16.3. The van der Waals surface area contributed by atoms with E-state index in [-0.39, 0.29) is 0 Å². The lowest BCUT2D eigenvalue weighted by molar-refractivity contribution is 0.474. The Morgan fingerprint density at radius 2 is 1.81 bits per heavy atom. The van der Waals surface area contributed by atoms with Crippen molar-refractivity contribution in [3.8, 4) is 11.5 Å². The minimum absolute atomic E-state index is 0.736. The highest BCUT2D eigenvalue weighted by Gasteiger charge is 2.08. The smallest absolute Gasteiger partial charge is 0.133 e. The van der Waals surface area contributed by atoms with E-state index in [0.29, 0.717) is 0 Å². The molecular formula is C17H19BrClNO. The molecule has 112 valence electrons. The topological polar surface area (TPSA) is 21.3 Å². The number of halogens is 2. The van der Waals surface area contributed by atoms with Crippen LogP contribution < -0.4 is 10.1 Å². The number of hydrogen-bond acceptors (Lipinski definition) is 2. The third-order valence-corrected chi connectivity index (χ3v) is 4.19. The molecule has 21 heavy (non-hydrogen) atoms. The van der Waals surface area contributed by atoms with Crippen LogP contribution in [0.15, 0.2) is 34.8 Å². The van der Waals surface area contributed by atoms with Crippen molar-refractivity contribution in [2.75, 3.05) is 6.54 Å². The average molecular weight is 369 g/mol. The fourth-order valence-corrected chi connectivity index (χ4v) is 3.00. The van der Waals surface area contributed by atoms with Gasteiger partial charge in [-0.2, -0.15) is 0 Å². The van der Waals surface area contributed by atoms with Gasteiger partial charge in [-0.05, 0) is 61.3 Å². The van der Waals surface area contributed by atoms with Crippen LogP contribution in [0.5, 0.6) is 11.5 Å². The zero-order valence-corrected chi connectivity index (χ0v) is 14.8. The summed E-state index contributed by atoms with van der Waals surface area (Å²) in [5.41, 5.74) is 3.29. The van der Waals surface area contributed by atoms with Crippen LogP contribution in [0, 0.1) is 13.8 Å². The number of aryl methyl sites for hydroxylation is 2. The Morgan fingerprint density at radius 3 is 2.38 bits per heavy atom. The number of ether oxygens (including phenoxy) is 1. The first-order valence-corrected chi connectivity index (χ1v) is 8.12. The molecule has 0 amide bonds. The van der Waals surface area contributed by atoms with E-state index >= 15 is 0 Å². The number of nitrogens with one attached hydrogen (secondary N) is 1. The van der Waals surface area contributed by atoms with Gasteiger partial charge in [0.15, 0.2) is 0 Å². The number of rotatable bonds is 5. The van der Waals surface area contributed by atoms with Crippen molar-refractivity contribution in [1.29, 1.82) is 0 Å². The van der Waals surface area contributed by atoms with E-state index in [2.05, 4.69) is 34.2 Å². The molecule has 0 radical (unpaired) electrons. The molecular weight excluding hydrogens is 350 g/mol. The fraction of sp³-hybridized carbons (Fsp3) is 0.294. The maximum Gasteiger partial charge on any atom is 0.133 e. The highest BCUT2D eigenvalue weighted by atomic mass is 79.9. The molecule has 2 aromatic carbocycles. The maximum atomic E-state index is 6.05. The second-order valence-corrected chi connectivity index (χ2v) is 6.30. The second-order valence-electron chi connectivity index (χ2n) is 5.00. The van der Waals surface area contributed by atoms with E-state index in [1.807, 2.05) is 38.1 Å². The van der Waals surface area contributed by atoms with Crippen LogP contribution >= 0.6 is 27.5 Å². The molecule has 1 N–H and O–H groups in total. The van der Waals surface area contributed by atoms with Gasteiger partial charge in [0.1, 0.15) is 11.5 Å². The largest absolute Gasteiger partial charge is 0.457 e. The summed E-state index contributed by atoms with van der Waals surface area (Å²) in [4.78, 5) is 0.